The molecule has 0 atom stereocenters. The largest absolute Gasteiger partial charge is 0.496 e. The molecule has 0 saturated carbocycles. The standard InChI is InChI=1S/C14H13NO4/c1-18-12-7-8-3-4-9(14(17)19-2)5-10(8)6-11(12)13(15)16/h3-7H,1-2H3,(H2,15,16). The van der Waals surface area contributed by atoms with Crippen molar-refractivity contribution in [1.29, 1.82) is 0 Å². The van der Waals surface area contributed by atoms with Gasteiger partial charge in [0, 0.05) is 0 Å². The fourth-order valence-electron chi connectivity index (χ4n) is 1.88. The number of carbonyl (C=O) groups excluding carboxylic acids is 2. The minimum Gasteiger partial charge on any atom is -0.496 e. The first-order chi connectivity index (χ1) is 9.06. The van der Waals surface area contributed by atoms with Crippen LogP contribution in [0.5, 0.6) is 5.75 Å². The molecule has 0 saturated heterocycles. The normalized spacial score (nSPS) is 10.2. The Morgan fingerprint density at radius 3 is 2.37 bits per heavy atom. The second-order valence-electron chi connectivity index (χ2n) is 3.97. The zero-order valence-electron chi connectivity index (χ0n) is 10.6. The molecule has 5 heteroatoms. The number of methoxy groups -OCH3 is 2. The van der Waals surface area contributed by atoms with Gasteiger partial charge in [0.15, 0.2) is 0 Å². The van der Waals surface area contributed by atoms with Crippen LogP contribution in [0.1, 0.15) is 20.7 Å². The van der Waals surface area contributed by atoms with Crippen LogP contribution in [0.3, 0.4) is 0 Å². The summed E-state index contributed by atoms with van der Waals surface area (Å²) in [6, 6.07) is 8.36. The molecule has 0 aliphatic carbocycles. The summed E-state index contributed by atoms with van der Waals surface area (Å²) < 4.78 is 9.77. The van der Waals surface area contributed by atoms with E-state index in [-0.39, 0.29) is 5.56 Å². The van der Waals surface area contributed by atoms with E-state index < -0.39 is 11.9 Å². The van der Waals surface area contributed by atoms with Crippen molar-refractivity contribution in [2.45, 2.75) is 0 Å². The van der Waals surface area contributed by atoms with Crippen molar-refractivity contribution in [3.8, 4) is 5.75 Å². The molecule has 0 radical (unpaired) electrons. The third-order valence-corrected chi connectivity index (χ3v) is 2.85. The Kier molecular flexibility index (Phi) is 3.37. The van der Waals surface area contributed by atoms with Crippen LogP contribution >= 0.6 is 0 Å². The summed E-state index contributed by atoms with van der Waals surface area (Å²) in [6.07, 6.45) is 0. The van der Waals surface area contributed by atoms with Gasteiger partial charge in [0.2, 0.25) is 0 Å². The fraction of sp³-hybridized carbons (Fsp3) is 0.143. The predicted molar refractivity (Wildman–Crippen MR) is 70.4 cm³/mol. The molecule has 0 heterocycles. The maximum absolute atomic E-state index is 11.5. The molecule has 0 fully saturated rings. The third-order valence-electron chi connectivity index (χ3n) is 2.85. The van der Waals surface area contributed by atoms with Crippen molar-refractivity contribution >= 4 is 22.6 Å². The molecule has 19 heavy (non-hydrogen) atoms. The molecule has 2 rings (SSSR count). The van der Waals surface area contributed by atoms with Crippen molar-refractivity contribution in [2.24, 2.45) is 5.73 Å². The highest BCUT2D eigenvalue weighted by atomic mass is 16.5. The Bertz CT molecular complexity index is 664. The van der Waals surface area contributed by atoms with Crippen LogP contribution in [0.4, 0.5) is 0 Å². The van der Waals surface area contributed by atoms with E-state index in [0.717, 1.165) is 10.8 Å². The molecule has 0 spiro atoms. The predicted octanol–water partition coefficient (Wildman–Crippen LogP) is 1.73. The molecule has 0 bridgehead atoms. The highest BCUT2D eigenvalue weighted by molar-refractivity contribution is 6.02. The van der Waals surface area contributed by atoms with E-state index in [1.807, 2.05) is 0 Å². The van der Waals surface area contributed by atoms with Gasteiger partial charge in [-0.2, -0.15) is 0 Å². The number of benzene rings is 2. The SMILES string of the molecule is COC(=O)c1ccc2cc(OC)c(C(N)=O)cc2c1. The number of esters is 1. The zero-order chi connectivity index (χ0) is 14.0. The minimum absolute atomic E-state index is 0.275. The maximum Gasteiger partial charge on any atom is 0.337 e. The lowest BCUT2D eigenvalue weighted by atomic mass is 10.0. The maximum atomic E-state index is 11.5. The summed E-state index contributed by atoms with van der Waals surface area (Å²) in [5.41, 5.74) is 5.98. The van der Waals surface area contributed by atoms with Gasteiger partial charge in [-0.05, 0) is 35.0 Å². The highest BCUT2D eigenvalue weighted by Gasteiger charge is 2.12. The lowest BCUT2D eigenvalue weighted by Crippen LogP contribution is -2.12. The van der Waals surface area contributed by atoms with Gasteiger partial charge in [-0.1, -0.05) is 6.07 Å². The van der Waals surface area contributed by atoms with Gasteiger partial charge in [-0.15, -0.1) is 0 Å². The van der Waals surface area contributed by atoms with Crippen LogP contribution in [0.2, 0.25) is 0 Å². The molecule has 0 aromatic heterocycles. The molecule has 1 amide bonds. The molecule has 98 valence electrons. The summed E-state index contributed by atoms with van der Waals surface area (Å²) in [7, 11) is 2.78. The van der Waals surface area contributed by atoms with Crippen LogP contribution in [0.25, 0.3) is 10.8 Å². The zero-order valence-corrected chi connectivity index (χ0v) is 10.6. The molecular formula is C14H13NO4. The highest BCUT2D eigenvalue weighted by Crippen LogP contribution is 2.26. The summed E-state index contributed by atoms with van der Waals surface area (Å²) in [5, 5.41) is 1.56. The lowest BCUT2D eigenvalue weighted by Gasteiger charge is -2.08. The van der Waals surface area contributed by atoms with Crippen LogP contribution in [0.15, 0.2) is 30.3 Å². The van der Waals surface area contributed by atoms with Crippen molar-refractivity contribution in [2.75, 3.05) is 14.2 Å². The average Bonchev–Trinajstić information content (AvgIpc) is 2.44. The van der Waals surface area contributed by atoms with Gasteiger partial charge in [0.1, 0.15) is 5.75 Å². The van der Waals surface area contributed by atoms with Gasteiger partial charge < -0.3 is 15.2 Å². The monoisotopic (exact) mass is 259 g/mol. The number of rotatable bonds is 3. The Balaban J connectivity index is 2.65. The van der Waals surface area contributed by atoms with E-state index >= 15 is 0 Å². The number of ether oxygens (including phenoxy) is 2. The molecule has 5 nitrogen and oxygen atoms in total. The molecule has 2 aromatic rings. The van der Waals surface area contributed by atoms with E-state index in [0.29, 0.717) is 11.3 Å². The lowest BCUT2D eigenvalue weighted by molar-refractivity contribution is 0.0601. The van der Waals surface area contributed by atoms with Crippen molar-refractivity contribution in [1.82, 2.24) is 0 Å². The quantitative estimate of drug-likeness (QED) is 0.851. The summed E-state index contributed by atoms with van der Waals surface area (Å²) in [5.74, 6) is -0.605. The Morgan fingerprint density at radius 2 is 1.79 bits per heavy atom. The van der Waals surface area contributed by atoms with Crippen molar-refractivity contribution < 1.29 is 19.1 Å². The van der Waals surface area contributed by atoms with E-state index in [1.165, 1.54) is 14.2 Å². The van der Waals surface area contributed by atoms with Gasteiger partial charge in [-0.25, -0.2) is 4.79 Å². The first-order valence-corrected chi connectivity index (χ1v) is 5.56. The Morgan fingerprint density at radius 1 is 1.05 bits per heavy atom. The van der Waals surface area contributed by atoms with Gasteiger partial charge in [0.05, 0.1) is 25.3 Å². The van der Waals surface area contributed by atoms with E-state index in [1.54, 1.807) is 30.3 Å². The van der Waals surface area contributed by atoms with Gasteiger partial charge >= 0.3 is 5.97 Å². The second-order valence-corrected chi connectivity index (χ2v) is 3.97. The van der Waals surface area contributed by atoms with Crippen LogP contribution in [-0.4, -0.2) is 26.1 Å². The molecule has 0 aliphatic rings. The van der Waals surface area contributed by atoms with Crippen LogP contribution in [-0.2, 0) is 4.74 Å². The van der Waals surface area contributed by atoms with Crippen LogP contribution < -0.4 is 10.5 Å². The summed E-state index contributed by atoms with van der Waals surface area (Å²) in [4.78, 5) is 22.8. The molecule has 0 aliphatic heterocycles. The molecular weight excluding hydrogens is 246 g/mol. The van der Waals surface area contributed by atoms with Crippen molar-refractivity contribution in [3.05, 3.63) is 41.5 Å². The number of primary amides is 1. The topological polar surface area (TPSA) is 78.6 Å². The summed E-state index contributed by atoms with van der Waals surface area (Å²) >= 11 is 0. The van der Waals surface area contributed by atoms with Gasteiger partial charge in [0.25, 0.3) is 5.91 Å². The van der Waals surface area contributed by atoms with E-state index in [9.17, 15) is 9.59 Å². The van der Waals surface area contributed by atoms with Gasteiger partial charge in [-0.3, -0.25) is 4.79 Å². The van der Waals surface area contributed by atoms with Crippen molar-refractivity contribution in [3.63, 3.8) is 0 Å². The number of nitrogens with two attached hydrogens (primary N) is 1. The Hall–Kier alpha value is -2.56. The minimum atomic E-state index is -0.581. The number of fused-ring (bicyclic) bond motifs is 1. The number of hydrogen-bond donors (Lipinski definition) is 1. The number of hydrogen-bond acceptors (Lipinski definition) is 4. The Labute approximate surface area is 109 Å². The molecule has 0 unspecified atom stereocenters. The number of amides is 1. The smallest absolute Gasteiger partial charge is 0.337 e. The van der Waals surface area contributed by atoms with Crippen LogP contribution in [0, 0.1) is 0 Å². The molecule has 2 aromatic carbocycles. The summed E-state index contributed by atoms with van der Waals surface area (Å²) in [6.45, 7) is 0. The average molecular weight is 259 g/mol. The molecule has 2 N–H and O–H groups in total. The third kappa shape index (κ3) is 2.35. The second kappa shape index (κ2) is 4.97. The van der Waals surface area contributed by atoms with E-state index in [4.69, 9.17) is 10.5 Å². The number of carbonyl (C=O) groups is 2. The fourth-order valence-corrected chi connectivity index (χ4v) is 1.88. The first kappa shape index (κ1) is 12.9. The first-order valence-electron chi connectivity index (χ1n) is 5.56. The van der Waals surface area contributed by atoms with E-state index in [2.05, 4.69) is 4.74 Å².